The molecule has 0 atom stereocenters. The van der Waals surface area contributed by atoms with Crippen molar-refractivity contribution in [1.82, 2.24) is 9.97 Å². The zero-order valence-corrected chi connectivity index (χ0v) is 11.9. The molecule has 102 valence electrons. The van der Waals surface area contributed by atoms with Crippen LogP contribution in [0.4, 0.5) is 11.6 Å². The van der Waals surface area contributed by atoms with Gasteiger partial charge in [0, 0.05) is 12.1 Å². The molecule has 18 heavy (non-hydrogen) atoms. The maximum absolute atomic E-state index is 5.48. The van der Waals surface area contributed by atoms with Gasteiger partial charge in [-0.3, -0.25) is 0 Å². The fourth-order valence-corrected chi connectivity index (χ4v) is 1.73. The van der Waals surface area contributed by atoms with Crippen molar-refractivity contribution in [3.8, 4) is 0 Å². The predicted molar refractivity (Wildman–Crippen MR) is 76.4 cm³/mol. The van der Waals surface area contributed by atoms with Gasteiger partial charge in [0.25, 0.3) is 0 Å². The molecule has 5 heteroatoms. The molecule has 5 nitrogen and oxygen atoms in total. The second-order valence-corrected chi connectivity index (χ2v) is 5.68. The van der Waals surface area contributed by atoms with Crippen LogP contribution in [0.25, 0.3) is 0 Å². The van der Waals surface area contributed by atoms with Crippen molar-refractivity contribution >= 4 is 11.6 Å². The van der Waals surface area contributed by atoms with Gasteiger partial charge in [-0.25, -0.2) is 15.8 Å². The van der Waals surface area contributed by atoms with Gasteiger partial charge in [0.05, 0.1) is 0 Å². The summed E-state index contributed by atoms with van der Waals surface area (Å²) in [6.07, 6.45) is 4.58. The van der Waals surface area contributed by atoms with Crippen LogP contribution in [0.1, 0.15) is 46.1 Å². The molecule has 4 N–H and O–H groups in total. The third-order valence-electron chi connectivity index (χ3n) is 2.75. The molecule has 0 fully saturated rings. The average Bonchev–Trinajstić information content (AvgIpc) is 2.29. The summed E-state index contributed by atoms with van der Waals surface area (Å²) in [6, 6.07) is 0. The first-order valence-corrected chi connectivity index (χ1v) is 6.52. The largest absolute Gasteiger partial charge is 0.370 e. The van der Waals surface area contributed by atoms with E-state index >= 15 is 0 Å². The Balaban J connectivity index is 2.75. The molecular weight excluding hydrogens is 226 g/mol. The molecule has 0 aliphatic rings. The highest BCUT2D eigenvalue weighted by atomic mass is 15.3. The number of rotatable bonds is 6. The van der Waals surface area contributed by atoms with Crippen LogP contribution in [0.5, 0.6) is 0 Å². The van der Waals surface area contributed by atoms with E-state index in [1.165, 1.54) is 6.33 Å². The van der Waals surface area contributed by atoms with Gasteiger partial charge in [-0.05, 0) is 18.3 Å². The summed E-state index contributed by atoms with van der Waals surface area (Å²) in [7, 11) is 0. The number of anilines is 2. The average molecular weight is 251 g/mol. The SMILES string of the molecule is CCCc1c(NN)ncnc1NCCC(C)(C)C. The Hall–Kier alpha value is -1.36. The fourth-order valence-electron chi connectivity index (χ4n) is 1.73. The first kappa shape index (κ1) is 14.7. The second-order valence-electron chi connectivity index (χ2n) is 5.68. The highest BCUT2D eigenvalue weighted by molar-refractivity contribution is 5.56. The molecule has 1 heterocycles. The van der Waals surface area contributed by atoms with Crippen molar-refractivity contribution in [2.24, 2.45) is 11.3 Å². The van der Waals surface area contributed by atoms with Gasteiger partial charge in [0.15, 0.2) is 0 Å². The molecule has 0 aliphatic heterocycles. The van der Waals surface area contributed by atoms with Crippen LogP contribution in [0.2, 0.25) is 0 Å². The van der Waals surface area contributed by atoms with Gasteiger partial charge in [-0.1, -0.05) is 34.1 Å². The maximum atomic E-state index is 5.48. The normalized spacial score (nSPS) is 11.4. The topological polar surface area (TPSA) is 75.9 Å². The molecule has 0 aromatic carbocycles. The standard InChI is InChI=1S/C13H25N5/c1-5-6-10-11(15-8-7-13(2,3)4)16-9-17-12(10)18-14/h9H,5-8,14H2,1-4H3,(H2,15,16,17,18). The van der Waals surface area contributed by atoms with Gasteiger partial charge >= 0.3 is 0 Å². The van der Waals surface area contributed by atoms with Gasteiger partial charge < -0.3 is 10.7 Å². The number of hydrogen-bond acceptors (Lipinski definition) is 5. The minimum Gasteiger partial charge on any atom is -0.370 e. The maximum Gasteiger partial charge on any atom is 0.148 e. The molecule has 0 saturated heterocycles. The predicted octanol–water partition coefficient (Wildman–Crippen LogP) is 2.56. The molecule has 1 aromatic heterocycles. The van der Waals surface area contributed by atoms with Crippen LogP contribution < -0.4 is 16.6 Å². The number of nitrogens with zero attached hydrogens (tertiary/aromatic N) is 2. The van der Waals surface area contributed by atoms with Crippen molar-refractivity contribution in [1.29, 1.82) is 0 Å². The van der Waals surface area contributed by atoms with Gasteiger partial charge in [0.1, 0.15) is 18.0 Å². The van der Waals surface area contributed by atoms with Crippen LogP contribution in [-0.4, -0.2) is 16.5 Å². The molecule has 0 bridgehead atoms. The molecule has 0 aliphatic carbocycles. The summed E-state index contributed by atoms with van der Waals surface area (Å²) in [4.78, 5) is 8.45. The van der Waals surface area contributed by atoms with Crippen molar-refractivity contribution in [2.45, 2.75) is 47.0 Å². The third kappa shape index (κ3) is 4.49. The minimum atomic E-state index is 0.319. The molecule has 0 amide bonds. The quantitative estimate of drug-likeness (QED) is 0.535. The van der Waals surface area contributed by atoms with E-state index in [1.807, 2.05) is 0 Å². The lowest BCUT2D eigenvalue weighted by Crippen LogP contribution is -2.17. The summed E-state index contributed by atoms with van der Waals surface area (Å²) in [5.74, 6) is 7.09. The Morgan fingerprint density at radius 3 is 2.44 bits per heavy atom. The van der Waals surface area contributed by atoms with Crippen LogP contribution >= 0.6 is 0 Å². The van der Waals surface area contributed by atoms with E-state index in [4.69, 9.17) is 5.84 Å². The first-order valence-electron chi connectivity index (χ1n) is 6.52. The molecule has 1 aromatic rings. The monoisotopic (exact) mass is 251 g/mol. The van der Waals surface area contributed by atoms with Crippen LogP contribution in [0.3, 0.4) is 0 Å². The number of nitrogen functional groups attached to an aromatic ring is 1. The Morgan fingerprint density at radius 1 is 1.22 bits per heavy atom. The molecular formula is C13H25N5. The molecule has 0 spiro atoms. The highest BCUT2D eigenvalue weighted by Gasteiger charge is 2.12. The van der Waals surface area contributed by atoms with Crippen molar-refractivity contribution in [3.05, 3.63) is 11.9 Å². The summed E-state index contributed by atoms with van der Waals surface area (Å²) in [5, 5.41) is 3.38. The van der Waals surface area contributed by atoms with Crippen LogP contribution in [-0.2, 0) is 6.42 Å². The molecule has 0 saturated carbocycles. The van der Waals surface area contributed by atoms with Gasteiger partial charge in [-0.2, -0.15) is 0 Å². The summed E-state index contributed by atoms with van der Waals surface area (Å²) >= 11 is 0. The molecule has 1 rings (SSSR count). The van der Waals surface area contributed by atoms with Crippen molar-refractivity contribution in [2.75, 3.05) is 17.3 Å². The first-order chi connectivity index (χ1) is 8.48. The Labute approximate surface area is 110 Å². The van der Waals surface area contributed by atoms with E-state index in [-0.39, 0.29) is 0 Å². The highest BCUT2D eigenvalue weighted by Crippen LogP contribution is 2.22. The van der Waals surface area contributed by atoms with Gasteiger partial charge in [-0.15, -0.1) is 0 Å². The van der Waals surface area contributed by atoms with E-state index in [0.29, 0.717) is 11.2 Å². The summed E-state index contributed by atoms with van der Waals surface area (Å²) < 4.78 is 0. The smallest absolute Gasteiger partial charge is 0.148 e. The Bertz CT molecular complexity index is 370. The lowest BCUT2D eigenvalue weighted by Gasteiger charge is -2.19. The van der Waals surface area contributed by atoms with Crippen molar-refractivity contribution in [3.63, 3.8) is 0 Å². The van der Waals surface area contributed by atoms with E-state index < -0.39 is 0 Å². The zero-order chi connectivity index (χ0) is 13.6. The molecule has 0 unspecified atom stereocenters. The fraction of sp³-hybridized carbons (Fsp3) is 0.692. The van der Waals surface area contributed by atoms with Gasteiger partial charge in [0.2, 0.25) is 0 Å². The minimum absolute atomic E-state index is 0.319. The van der Waals surface area contributed by atoms with E-state index in [0.717, 1.165) is 37.2 Å². The van der Waals surface area contributed by atoms with E-state index in [1.54, 1.807) is 0 Å². The summed E-state index contributed by atoms with van der Waals surface area (Å²) in [5.41, 5.74) is 4.02. The Kier molecular flexibility index (Phi) is 5.34. The van der Waals surface area contributed by atoms with E-state index in [9.17, 15) is 0 Å². The zero-order valence-electron chi connectivity index (χ0n) is 11.9. The lowest BCUT2D eigenvalue weighted by atomic mass is 9.92. The summed E-state index contributed by atoms with van der Waals surface area (Å²) in [6.45, 7) is 9.73. The molecule has 0 radical (unpaired) electrons. The second kappa shape index (κ2) is 6.54. The van der Waals surface area contributed by atoms with Crippen LogP contribution in [0, 0.1) is 5.41 Å². The number of nitrogens with one attached hydrogen (secondary N) is 2. The lowest BCUT2D eigenvalue weighted by molar-refractivity contribution is 0.389. The van der Waals surface area contributed by atoms with Crippen LogP contribution in [0.15, 0.2) is 6.33 Å². The number of hydrazine groups is 1. The number of nitrogens with two attached hydrogens (primary N) is 1. The van der Waals surface area contributed by atoms with Crippen molar-refractivity contribution < 1.29 is 0 Å². The van der Waals surface area contributed by atoms with E-state index in [2.05, 4.69) is 48.4 Å². The third-order valence-corrected chi connectivity index (χ3v) is 2.75. The number of hydrogen-bond donors (Lipinski definition) is 3. The Morgan fingerprint density at radius 2 is 1.89 bits per heavy atom. The number of aromatic nitrogens is 2.